The molecule has 3 rings (SSSR count). The molecule has 1 fully saturated rings. The van der Waals surface area contributed by atoms with E-state index in [0.29, 0.717) is 18.5 Å². The predicted octanol–water partition coefficient (Wildman–Crippen LogP) is 3.31. The number of nitrogens with one attached hydrogen (secondary N) is 1. The average Bonchev–Trinajstić information content (AvgIpc) is 3.04. The fraction of sp³-hybridized carbons (Fsp3) is 0.556. The summed E-state index contributed by atoms with van der Waals surface area (Å²) in [6, 6.07) is 7.09. The Balaban J connectivity index is 1.49. The SMILES string of the molecule is CSCc1noc(CNC2CCN(c3cccc(C)c3C)CC2)n1. The van der Waals surface area contributed by atoms with E-state index in [1.54, 1.807) is 11.8 Å². The number of anilines is 1. The third-order valence-electron chi connectivity index (χ3n) is 4.74. The Bertz CT molecular complexity index is 665. The highest BCUT2D eigenvalue weighted by Gasteiger charge is 2.21. The first-order valence-corrected chi connectivity index (χ1v) is 9.91. The van der Waals surface area contributed by atoms with Crippen LogP contribution in [0.5, 0.6) is 0 Å². The summed E-state index contributed by atoms with van der Waals surface area (Å²) in [5.41, 5.74) is 4.15. The van der Waals surface area contributed by atoms with Gasteiger partial charge in [0.15, 0.2) is 5.82 Å². The van der Waals surface area contributed by atoms with E-state index in [-0.39, 0.29) is 0 Å². The van der Waals surface area contributed by atoms with Crippen molar-refractivity contribution in [1.82, 2.24) is 15.5 Å². The molecule has 0 bridgehead atoms. The zero-order valence-electron chi connectivity index (χ0n) is 14.7. The first-order valence-electron chi connectivity index (χ1n) is 8.52. The third-order valence-corrected chi connectivity index (χ3v) is 5.28. The molecule has 1 saturated heterocycles. The van der Waals surface area contributed by atoms with Gasteiger partial charge in [-0.2, -0.15) is 16.7 Å². The fourth-order valence-corrected chi connectivity index (χ4v) is 3.56. The van der Waals surface area contributed by atoms with E-state index in [1.807, 2.05) is 6.26 Å². The maximum atomic E-state index is 5.28. The van der Waals surface area contributed by atoms with E-state index in [1.165, 1.54) is 16.8 Å². The van der Waals surface area contributed by atoms with Gasteiger partial charge < -0.3 is 14.7 Å². The van der Waals surface area contributed by atoms with Gasteiger partial charge in [-0.1, -0.05) is 17.3 Å². The minimum atomic E-state index is 0.516. The molecule has 2 aromatic rings. The maximum absolute atomic E-state index is 5.28. The first-order chi connectivity index (χ1) is 11.7. The summed E-state index contributed by atoms with van der Waals surface area (Å²) < 4.78 is 5.28. The third kappa shape index (κ3) is 4.11. The highest BCUT2D eigenvalue weighted by Crippen LogP contribution is 2.25. The van der Waals surface area contributed by atoms with Gasteiger partial charge in [-0.15, -0.1) is 0 Å². The second-order valence-electron chi connectivity index (χ2n) is 6.40. The Morgan fingerprint density at radius 3 is 2.83 bits per heavy atom. The van der Waals surface area contributed by atoms with Crippen molar-refractivity contribution in [1.29, 1.82) is 0 Å². The number of aryl methyl sites for hydroxylation is 1. The van der Waals surface area contributed by atoms with Gasteiger partial charge in [-0.25, -0.2) is 0 Å². The van der Waals surface area contributed by atoms with Crippen molar-refractivity contribution in [2.75, 3.05) is 24.2 Å². The van der Waals surface area contributed by atoms with Crippen LogP contribution in [0.1, 0.15) is 35.7 Å². The number of hydrogen-bond acceptors (Lipinski definition) is 6. The van der Waals surface area contributed by atoms with Gasteiger partial charge in [0.2, 0.25) is 5.89 Å². The van der Waals surface area contributed by atoms with Crippen molar-refractivity contribution >= 4 is 17.4 Å². The van der Waals surface area contributed by atoms with Crippen molar-refractivity contribution in [3.63, 3.8) is 0 Å². The molecule has 0 radical (unpaired) electrons. The van der Waals surface area contributed by atoms with Crippen LogP contribution in [0.15, 0.2) is 22.7 Å². The number of hydrogen-bond donors (Lipinski definition) is 1. The molecule has 0 spiro atoms. The van der Waals surface area contributed by atoms with Crippen molar-refractivity contribution in [3.8, 4) is 0 Å². The molecule has 0 unspecified atom stereocenters. The molecule has 1 aliphatic rings. The van der Waals surface area contributed by atoms with Crippen molar-refractivity contribution in [2.45, 2.75) is 45.0 Å². The number of benzene rings is 1. The van der Waals surface area contributed by atoms with E-state index in [4.69, 9.17) is 4.52 Å². The van der Waals surface area contributed by atoms with Crippen molar-refractivity contribution in [2.24, 2.45) is 0 Å². The normalized spacial score (nSPS) is 15.9. The average molecular weight is 347 g/mol. The van der Waals surface area contributed by atoms with Crippen molar-refractivity contribution in [3.05, 3.63) is 41.0 Å². The molecule has 0 atom stereocenters. The van der Waals surface area contributed by atoms with Gasteiger partial charge >= 0.3 is 0 Å². The second kappa shape index (κ2) is 8.03. The molecule has 1 aliphatic heterocycles. The highest BCUT2D eigenvalue weighted by molar-refractivity contribution is 7.97. The molecular formula is C18H26N4OS. The number of piperidine rings is 1. The summed E-state index contributed by atoms with van der Waals surface area (Å²) in [5.74, 6) is 2.28. The lowest BCUT2D eigenvalue weighted by Gasteiger charge is -2.35. The van der Waals surface area contributed by atoms with Gasteiger partial charge in [0, 0.05) is 24.8 Å². The standard InChI is InChI=1S/C18H26N4OS/c1-13-5-4-6-16(14(13)2)22-9-7-15(8-10-22)19-11-18-20-17(12-24-3)21-23-18/h4-6,15,19H,7-12H2,1-3H3. The van der Waals surface area contributed by atoms with E-state index in [9.17, 15) is 0 Å². The molecule has 2 heterocycles. The monoisotopic (exact) mass is 346 g/mol. The lowest BCUT2D eigenvalue weighted by atomic mass is 10.0. The highest BCUT2D eigenvalue weighted by atomic mass is 32.2. The summed E-state index contributed by atoms with van der Waals surface area (Å²) in [6.07, 6.45) is 4.32. The van der Waals surface area contributed by atoms with Gasteiger partial charge in [-0.05, 0) is 50.1 Å². The van der Waals surface area contributed by atoms with E-state index in [2.05, 4.69) is 52.4 Å². The summed E-state index contributed by atoms with van der Waals surface area (Å²) in [6.45, 7) is 7.24. The topological polar surface area (TPSA) is 54.2 Å². The van der Waals surface area contributed by atoms with E-state index >= 15 is 0 Å². The smallest absolute Gasteiger partial charge is 0.240 e. The van der Waals surface area contributed by atoms with Gasteiger partial charge in [0.05, 0.1) is 12.3 Å². The summed E-state index contributed by atoms with van der Waals surface area (Å²) in [5, 5.41) is 7.55. The number of aromatic nitrogens is 2. The Labute approximate surface area is 148 Å². The fourth-order valence-electron chi connectivity index (χ4n) is 3.18. The molecular weight excluding hydrogens is 320 g/mol. The minimum Gasteiger partial charge on any atom is -0.371 e. The van der Waals surface area contributed by atoms with Gasteiger partial charge in [0.25, 0.3) is 0 Å². The van der Waals surface area contributed by atoms with E-state index < -0.39 is 0 Å². The lowest BCUT2D eigenvalue weighted by molar-refractivity contribution is 0.339. The Morgan fingerprint density at radius 2 is 2.08 bits per heavy atom. The number of nitrogens with zero attached hydrogens (tertiary/aromatic N) is 3. The lowest BCUT2D eigenvalue weighted by Crippen LogP contribution is -2.42. The Kier molecular flexibility index (Phi) is 5.79. The molecule has 0 saturated carbocycles. The van der Waals surface area contributed by atoms with E-state index in [0.717, 1.165) is 37.5 Å². The van der Waals surface area contributed by atoms with Crippen molar-refractivity contribution < 1.29 is 4.52 Å². The van der Waals surface area contributed by atoms with Crippen LogP contribution in [0.3, 0.4) is 0 Å². The molecule has 6 heteroatoms. The van der Waals surface area contributed by atoms with Crippen LogP contribution >= 0.6 is 11.8 Å². The van der Waals surface area contributed by atoms with Crippen LogP contribution in [0, 0.1) is 13.8 Å². The zero-order valence-corrected chi connectivity index (χ0v) is 15.5. The molecule has 1 aromatic heterocycles. The van der Waals surface area contributed by atoms with Crippen LogP contribution in [-0.2, 0) is 12.3 Å². The molecule has 24 heavy (non-hydrogen) atoms. The Hall–Kier alpha value is -1.53. The molecule has 5 nitrogen and oxygen atoms in total. The quantitative estimate of drug-likeness (QED) is 0.866. The molecule has 130 valence electrons. The number of thioether (sulfide) groups is 1. The summed E-state index contributed by atoms with van der Waals surface area (Å²) >= 11 is 1.70. The van der Waals surface area contributed by atoms with Crippen LogP contribution in [0.4, 0.5) is 5.69 Å². The molecule has 0 aliphatic carbocycles. The van der Waals surface area contributed by atoms with Crippen LogP contribution in [0.2, 0.25) is 0 Å². The van der Waals surface area contributed by atoms with Crippen LogP contribution in [0.25, 0.3) is 0 Å². The maximum Gasteiger partial charge on any atom is 0.240 e. The molecule has 1 aromatic carbocycles. The molecule has 0 amide bonds. The summed E-state index contributed by atoms with van der Waals surface area (Å²) in [4.78, 5) is 6.90. The second-order valence-corrected chi connectivity index (χ2v) is 7.26. The first kappa shape index (κ1) is 17.3. The molecule has 1 N–H and O–H groups in total. The van der Waals surface area contributed by atoms with Crippen LogP contribution < -0.4 is 10.2 Å². The number of rotatable bonds is 6. The largest absolute Gasteiger partial charge is 0.371 e. The Morgan fingerprint density at radius 1 is 1.29 bits per heavy atom. The van der Waals surface area contributed by atoms with Crippen LogP contribution in [-0.4, -0.2) is 35.5 Å². The van der Waals surface area contributed by atoms with Gasteiger partial charge in [-0.3, -0.25) is 0 Å². The predicted molar refractivity (Wildman–Crippen MR) is 99.5 cm³/mol. The summed E-state index contributed by atoms with van der Waals surface area (Å²) in [7, 11) is 0. The minimum absolute atomic E-state index is 0.516. The van der Waals surface area contributed by atoms with Gasteiger partial charge in [0.1, 0.15) is 0 Å². The zero-order chi connectivity index (χ0) is 16.9.